The molecule has 0 spiro atoms. The van der Waals surface area contributed by atoms with Crippen LogP contribution in [0, 0.1) is 11.3 Å². The van der Waals surface area contributed by atoms with E-state index in [9.17, 15) is 9.59 Å². The van der Waals surface area contributed by atoms with E-state index in [1.807, 2.05) is 9.80 Å². The summed E-state index contributed by atoms with van der Waals surface area (Å²) >= 11 is 0. The fraction of sp³-hybridized carbons (Fsp3) is 0.882. The van der Waals surface area contributed by atoms with Crippen molar-refractivity contribution in [2.45, 2.75) is 65.5 Å². The summed E-state index contributed by atoms with van der Waals surface area (Å²) in [5.74, 6) is 0.101. The van der Waals surface area contributed by atoms with E-state index in [1.165, 1.54) is 0 Å². The molecule has 3 unspecified atom stereocenters. The first-order valence-electron chi connectivity index (χ1n) is 8.60. The summed E-state index contributed by atoms with van der Waals surface area (Å²) in [6.07, 6.45) is 3.27. The maximum atomic E-state index is 12.8. The zero-order chi connectivity index (χ0) is 16.5. The smallest absolute Gasteiger partial charge is 0.228 e. The van der Waals surface area contributed by atoms with E-state index in [4.69, 9.17) is 5.73 Å². The number of amides is 2. The van der Waals surface area contributed by atoms with Crippen molar-refractivity contribution in [3.8, 4) is 0 Å². The second-order valence-electron chi connectivity index (χ2n) is 7.73. The van der Waals surface area contributed by atoms with Crippen LogP contribution in [-0.2, 0) is 9.59 Å². The van der Waals surface area contributed by atoms with E-state index in [2.05, 4.69) is 27.7 Å². The Bertz CT molecular complexity index is 442. The van der Waals surface area contributed by atoms with Crippen LogP contribution in [0.3, 0.4) is 0 Å². The van der Waals surface area contributed by atoms with Gasteiger partial charge in [-0.2, -0.15) is 0 Å². The SMILES string of the molecule is CCCC(C)N1CC(C(=O)N2CCC(N)C(C)(C)C2)CC1=O.Cl. The Labute approximate surface area is 146 Å². The van der Waals surface area contributed by atoms with Crippen LogP contribution in [0.5, 0.6) is 0 Å². The van der Waals surface area contributed by atoms with Crippen LogP contribution in [0.2, 0.25) is 0 Å². The van der Waals surface area contributed by atoms with Gasteiger partial charge < -0.3 is 15.5 Å². The molecule has 2 saturated heterocycles. The van der Waals surface area contributed by atoms with Crippen molar-refractivity contribution in [1.82, 2.24) is 9.80 Å². The number of carbonyl (C=O) groups is 2. The van der Waals surface area contributed by atoms with Crippen LogP contribution in [0.25, 0.3) is 0 Å². The quantitative estimate of drug-likeness (QED) is 0.847. The average Bonchev–Trinajstić information content (AvgIpc) is 2.83. The van der Waals surface area contributed by atoms with Crippen LogP contribution in [0.4, 0.5) is 0 Å². The molecule has 0 radical (unpaired) electrons. The number of halogens is 1. The number of hydrogen-bond donors (Lipinski definition) is 1. The number of nitrogens with two attached hydrogens (primary N) is 1. The zero-order valence-electron chi connectivity index (χ0n) is 14.9. The number of hydrogen-bond acceptors (Lipinski definition) is 3. The van der Waals surface area contributed by atoms with Gasteiger partial charge in [-0.25, -0.2) is 0 Å². The topological polar surface area (TPSA) is 66.6 Å². The highest BCUT2D eigenvalue weighted by Gasteiger charge is 2.41. The van der Waals surface area contributed by atoms with Crippen molar-refractivity contribution in [1.29, 1.82) is 0 Å². The van der Waals surface area contributed by atoms with Crippen molar-refractivity contribution in [3.05, 3.63) is 0 Å². The van der Waals surface area contributed by atoms with Crippen molar-refractivity contribution in [2.75, 3.05) is 19.6 Å². The van der Waals surface area contributed by atoms with E-state index in [-0.39, 0.29) is 47.6 Å². The predicted molar refractivity (Wildman–Crippen MR) is 94.4 cm³/mol. The average molecular weight is 346 g/mol. The first kappa shape index (κ1) is 20.2. The zero-order valence-corrected chi connectivity index (χ0v) is 15.7. The summed E-state index contributed by atoms with van der Waals surface area (Å²) in [4.78, 5) is 28.8. The van der Waals surface area contributed by atoms with Crippen LogP contribution in [0.1, 0.15) is 53.4 Å². The molecular formula is C17H32ClN3O2. The summed E-state index contributed by atoms with van der Waals surface area (Å²) in [5, 5.41) is 0. The number of carbonyl (C=O) groups excluding carboxylic acids is 2. The molecular weight excluding hydrogens is 314 g/mol. The number of piperidine rings is 1. The highest BCUT2D eigenvalue weighted by atomic mass is 35.5. The predicted octanol–water partition coefficient (Wildman–Crippen LogP) is 2.03. The highest BCUT2D eigenvalue weighted by Crippen LogP contribution is 2.30. The van der Waals surface area contributed by atoms with Crippen molar-refractivity contribution < 1.29 is 9.59 Å². The molecule has 23 heavy (non-hydrogen) atoms. The molecule has 3 atom stereocenters. The van der Waals surface area contributed by atoms with Crippen LogP contribution >= 0.6 is 12.4 Å². The molecule has 5 nitrogen and oxygen atoms in total. The first-order chi connectivity index (χ1) is 10.3. The molecule has 2 rings (SSSR count). The standard InChI is InChI=1S/C17H31N3O2.ClH/c1-5-6-12(2)20-10-13(9-15(20)21)16(22)19-8-7-14(18)17(3,4)11-19;/h12-14H,5-11,18H2,1-4H3;1H. The lowest BCUT2D eigenvalue weighted by Crippen LogP contribution is -2.55. The molecule has 0 aliphatic carbocycles. The second-order valence-corrected chi connectivity index (χ2v) is 7.73. The van der Waals surface area contributed by atoms with Gasteiger partial charge in [0.2, 0.25) is 11.8 Å². The van der Waals surface area contributed by atoms with Crippen LogP contribution in [-0.4, -0.2) is 53.3 Å². The van der Waals surface area contributed by atoms with Gasteiger partial charge in [-0.3, -0.25) is 9.59 Å². The summed E-state index contributed by atoms with van der Waals surface area (Å²) in [7, 11) is 0. The molecule has 2 aliphatic rings. The highest BCUT2D eigenvalue weighted by molar-refractivity contribution is 5.89. The normalized spacial score (nSPS) is 28.5. The Morgan fingerprint density at radius 1 is 1.43 bits per heavy atom. The maximum Gasteiger partial charge on any atom is 0.228 e. The minimum absolute atomic E-state index is 0. The van der Waals surface area contributed by atoms with E-state index < -0.39 is 0 Å². The molecule has 0 aromatic carbocycles. The van der Waals surface area contributed by atoms with E-state index in [0.717, 1.165) is 25.8 Å². The lowest BCUT2D eigenvalue weighted by Gasteiger charge is -2.43. The third-order valence-electron chi connectivity index (χ3n) is 5.37. The molecule has 0 aromatic rings. The Balaban J connectivity index is 0.00000264. The van der Waals surface area contributed by atoms with E-state index >= 15 is 0 Å². The second kappa shape index (κ2) is 7.84. The van der Waals surface area contributed by atoms with Gasteiger partial charge in [-0.05, 0) is 25.2 Å². The Morgan fingerprint density at radius 3 is 2.65 bits per heavy atom. The van der Waals surface area contributed by atoms with Gasteiger partial charge in [0.05, 0.1) is 5.92 Å². The third kappa shape index (κ3) is 4.38. The Kier molecular flexibility index (Phi) is 6.90. The maximum absolute atomic E-state index is 12.8. The molecule has 0 saturated carbocycles. The molecule has 2 N–H and O–H groups in total. The molecule has 0 aromatic heterocycles. The summed E-state index contributed by atoms with van der Waals surface area (Å²) < 4.78 is 0. The van der Waals surface area contributed by atoms with E-state index in [0.29, 0.717) is 19.5 Å². The third-order valence-corrected chi connectivity index (χ3v) is 5.37. The molecule has 2 heterocycles. The molecule has 134 valence electrons. The first-order valence-corrected chi connectivity index (χ1v) is 8.60. The van der Waals surface area contributed by atoms with Crippen molar-refractivity contribution >= 4 is 24.2 Å². The van der Waals surface area contributed by atoms with Gasteiger partial charge in [0.15, 0.2) is 0 Å². The molecule has 2 aliphatic heterocycles. The van der Waals surface area contributed by atoms with Gasteiger partial charge in [0, 0.05) is 38.1 Å². The minimum atomic E-state index is -0.170. The lowest BCUT2D eigenvalue weighted by molar-refractivity contribution is -0.139. The van der Waals surface area contributed by atoms with Gasteiger partial charge in [0.1, 0.15) is 0 Å². The molecule has 6 heteroatoms. The number of likely N-dealkylation sites (tertiary alicyclic amines) is 2. The summed E-state index contributed by atoms with van der Waals surface area (Å²) in [6, 6.07) is 0.379. The van der Waals surface area contributed by atoms with Gasteiger partial charge >= 0.3 is 0 Å². The summed E-state index contributed by atoms with van der Waals surface area (Å²) in [5.41, 5.74) is 6.10. The monoisotopic (exact) mass is 345 g/mol. The fourth-order valence-corrected chi connectivity index (χ4v) is 3.72. The Hall–Kier alpha value is -0.810. The largest absolute Gasteiger partial charge is 0.342 e. The van der Waals surface area contributed by atoms with Crippen molar-refractivity contribution in [3.63, 3.8) is 0 Å². The minimum Gasteiger partial charge on any atom is -0.342 e. The Morgan fingerprint density at radius 2 is 2.09 bits per heavy atom. The van der Waals surface area contributed by atoms with Crippen molar-refractivity contribution in [2.24, 2.45) is 17.1 Å². The van der Waals surface area contributed by atoms with Gasteiger partial charge in [-0.15, -0.1) is 12.4 Å². The van der Waals surface area contributed by atoms with Gasteiger partial charge in [0.25, 0.3) is 0 Å². The van der Waals surface area contributed by atoms with E-state index in [1.54, 1.807) is 0 Å². The molecule has 0 bridgehead atoms. The molecule has 2 fully saturated rings. The number of rotatable bonds is 4. The van der Waals surface area contributed by atoms with Crippen LogP contribution < -0.4 is 5.73 Å². The number of nitrogens with zero attached hydrogens (tertiary/aromatic N) is 2. The van der Waals surface area contributed by atoms with Gasteiger partial charge in [-0.1, -0.05) is 27.2 Å². The lowest BCUT2D eigenvalue weighted by atomic mass is 9.79. The molecule has 2 amide bonds. The fourth-order valence-electron chi connectivity index (χ4n) is 3.72. The summed E-state index contributed by atoms with van der Waals surface area (Å²) in [6.45, 7) is 10.4. The van der Waals surface area contributed by atoms with Crippen LogP contribution in [0.15, 0.2) is 0 Å².